The van der Waals surface area contributed by atoms with Crippen LogP contribution in [0.2, 0.25) is 0 Å². The van der Waals surface area contributed by atoms with Gasteiger partial charge in [0.15, 0.2) is 0 Å². The zero-order chi connectivity index (χ0) is 7.56. The molecule has 0 heterocycles. The van der Waals surface area contributed by atoms with E-state index in [1.165, 1.54) is 0 Å². The molecule has 0 aromatic heterocycles. The molecule has 1 aliphatic rings. The number of halogens is 1. The first-order valence-corrected chi connectivity index (χ1v) is 3.93. The van der Waals surface area contributed by atoms with Crippen LogP contribution in [0.25, 0.3) is 0 Å². The molecule has 0 aromatic carbocycles. The summed E-state index contributed by atoms with van der Waals surface area (Å²) in [4.78, 5) is 10.0. The third-order valence-electron chi connectivity index (χ3n) is 1.92. The second-order valence-corrected chi connectivity index (χ2v) is 3.21. The molecule has 0 aromatic rings. The largest absolute Gasteiger partial charge is 0.264 e. The van der Waals surface area contributed by atoms with Crippen molar-refractivity contribution in [2.45, 2.75) is 37.1 Å². The van der Waals surface area contributed by atoms with Crippen LogP contribution in [0.1, 0.15) is 25.7 Å². The van der Waals surface area contributed by atoms with Crippen molar-refractivity contribution in [2.24, 2.45) is 0 Å². The maximum atomic E-state index is 10.3. The minimum absolute atomic E-state index is 0.233. The zero-order valence-corrected chi connectivity index (χ0v) is 6.38. The van der Waals surface area contributed by atoms with Crippen molar-refractivity contribution in [3.8, 4) is 0 Å². The van der Waals surface area contributed by atoms with Crippen molar-refractivity contribution in [2.75, 3.05) is 0 Å². The van der Waals surface area contributed by atoms with Gasteiger partial charge in [0.2, 0.25) is 6.04 Å². The molecule has 0 aliphatic heterocycles. The van der Waals surface area contributed by atoms with Crippen LogP contribution in [0.5, 0.6) is 0 Å². The SMILES string of the molecule is O=[N+]([O-])C1CCCCC1Cl. The van der Waals surface area contributed by atoms with Crippen LogP contribution in [-0.4, -0.2) is 16.3 Å². The van der Waals surface area contributed by atoms with Gasteiger partial charge in [-0.25, -0.2) is 0 Å². The van der Waals surface area contributed by atoms with Gasteiger partial charge in [-0.3, -0.25) is 10.1 Å². The number of hydrogen-bond donors (Lipinski definition) is 0. The molecule has 0 amide bonds. The summed E-state index contributed by atoms with van der Waals surface area (Å²) in [7, 11) is 0. The molecule has 2 atom stereocenters. The van der Waals surface area contributed by atoms with E-state index in [-0.39, 0.29) is 10.3 Å². The van der Waals surface area contributed by atoms with Gasteiger partial charge in [0.25, 0.3) is 0 Å². The molecule has 0 saturated heterocycles. The fourth-order valence-corrected chi connectivity index (χ4v) is 1.68. The maximum absolute atomic E-state index is 10.3. The highest BCUT2D eigenvalue weighted by Crippen LogP contribution is 2.24. The predicted molar refractivity (Wildman–Crippen MR) is 38.9 cm³/mol. The first-order valence-electron chi connectivity index (χ1n) is 3.49. The van der Waals surface area contributed by atoms with Crippen LogP contribution in [-0.2, 0) is 0 Å². The molecular formula is C6H10ClNO2. The second kappa shape index (κ2) is 3.19. The Balaban J connectivity index is 2.47. The van der Waals surface area contributed by atoms with E-state index in [0.29, 0.717) is 6.42 Å². The van der Waals surface area contributed by atoms with Crippen LogP contribution < -0.4 is 0 Å². The highest BCUT2D eigenvalue weighted by molar-refractivity contribution is 6.21. The number of alkyl halides is 1. The molecule has 1 saturated carbocycles. The Morgan fingerprint density at radius 2 is 2.00 bits per heavy atom. The van der Waals surface area contributed by atoms with E-state index in [1.54, 1.807) is 0 Å². The van der Waals surface area contributed by atoms with Gasteiger partial charge >= 0.3 is 0 Å². The Bertz CT molecular complexity index is 140. The summed E-state index contributed by atoms with van der Waals surface area (Å²) in [5.74, 6) is 0. The molecular weight excluding hydrogens is 154 g/mol. The topological polar surface area (TPSA) is 43.1 Å². The lowest BCUT2D eigenvalue weighted by Crippen LogP contribution is -2.32. The Kier molecular flexibility index (Phi) is 2.49. The van der Waals surface area contributed by atoms with E-state index in [1.807, 2.05) is 0 Å². The Labute approximate surface area is 64.5 Å². The van der Waals surface area contributed by atoms with Crippen LogP contribution >= 0.6 is 11.6 Å². The first-order chi connectivity index (χ1) is 4.72. The number of nitrogens with zero attached hydrogens (tertiary/aromatic N) is 1. The lowest BCUT2D eigenvalue weighted by molar-refractivity contribution is -0.525. The van der Waals surface area contributed by atoms with Gasteiger partial charge in [0.1, 0.15) is 5.38 Å². The molecule has 1 aliphatic carbocycles. The van der Waals surface area contributed by atoms with Gasteiger partial charge in [0.05, 0.1) is 0 Å². The third-order valence-corrected chi connectivity index (χ3v) is 2.43. The molecule has 0 bridgehead atoms. The minimum atomic E-state index is -0.490. The summed E-state index contributed by atoms with van der Waals surface area (Å²) in [5.41, 5.74) is 0. The maximum Gasteiger partial charge on any atom is 0.229 e. The minimum Gasteiger partial charge on any atom is -0.264 e. The molecule has 0 radical (unpaired) electrons. The summed E-state index contributed by atoms with van der Waals surface area (Å²) < 4.78 is 0. The molecule has 1 rings (SSSR count). The van der Waals surface area contributed by atoms with Crippen LogP contribution in [0.3, 0.4) is 0 Å². The van der Waals surface area contributed by atoms with Gasteiger partial charge < -0.3 is 0 Å². The summed E-state index contributed by atoms with van der Waals surface area (Å²) in [6.45, 7) is 0. The lowest BCUT2D eigenvalue weighted by atomic mass is 9.96. The van der Waals surface area contributed by atoms with Crippen molar-refractivity contribution in [3.05, 3.63) is 10.1 Å². The number of rotatable bonds is 1. The Hall–Kier alpha value is -0.310. The summed E-state index contributed by atoms with van der Waals surface area (Å²) in [5, 5.41) is 10.1. The smallest absolute Gasteiger partial charge is 0.229 e. The van der Waals surface area contributed by atoms with Gasteiger partial charge in [-0.15, -0.1) is 11.6 Å². The summed E-state index contributed by atoms with van der Waals surface area (Å²) >= 11 is 5.74. The molecule has 1 fully saturated rings. The molecule has 58 valence electrons. The lowest BCUT2D eigenvalue weighted by Gasteiger charge is -2.19. The summed E-state index contributed by atoms with van der Waals surface area (Å²) in [6.07, 6.45) is 3.45. The van der Waals surface area contributed by atoms with Crippen molar-refractivity contribution in [1.29, 1.82) is 0 Å². The van der Waals surface area contributed by atoms with E-state index in [4.69, 9.17) is 11.6 Å². The fourth-order valence-electron chi connectivity index (χ4n) is 1.30. The Morgan fingerprint density at radius 1 is 1.40 bits per heavy atom. The van der Waals surface area contributed by atoms with Gasteiger partial charge in [0, 0.05) is 11.3 Å². The monoisotopic (exact) mass is 163 g/mol. The van der Waals surface area contributed by atoms with Crippen molar-refractivity contribution in [1.82, 2.24) is 0 Å². The predicted octanol–water partition coefficient (Wildman–Crippen LogP) is 1.81. The molecule has 4 heteroatoms. The molecule has 3 nitrogen and oxygen atoms in total. The van der Waals surface area contributed by atoms with Gasteiger partial charge in [-0.05, 0) is 12.8 Å². The standard InChI is InChI=1S/C6H10ClNO2/c7-5-3-1-2-4-6(5)8(9)10/h5-6H,1-4H2. The third kappa shape index (κ3) is 1.59. The van der Waals surface area contributed by atoms with Crippen LogP contribution in [0, 0.1) is 10.1 Å². The highest BCUT2D eigenvalue weighted by atomic mass is 35.5. The first kappa shape index (κ1) is 7.79. The van der Waals surface area contributed by atoms with E-state index in [2.05, 4.69) is 0 Å². The normalized spacial score (nSPS) is 33.7. The molecule has 10 heavy (non-hydrogen) atoms. The van der Waals surface area contributed by atoms with Crippen molar-refractivity contribution in [3.63, 3.8) is 0 Å². The van der Waals surface area contributed by atoms with Crippen molar-refractivity contribution < 1.29 is 4.92 Å². The summed E-state index contributed by atoms with van der Waals surface area (Å²) in [6, 6.07) is -0.490. The van der Waals surface area contributed by atoms with E-state index in [0.717, 1.165) is 19.3 Å². The van der Waals surface area contributed by atoms with Crippen LogP contribution in [0.15, 0.2) is 0 Å². The van der Waals surface area contributed by atoms with E-state index >= 15 is 0 Å². The quantitative estimate of drug-likeness (QED) is 0.336. The number of hydrogen-bond acceptors (Lipinski definition) is 2. The van der Waals surface area contributed by atoms with E-state index in [9.17, 15) is 10.1 Å². The fraction of sp³-hybridized carbons (Fsp3) is 1.00. The average Bonchev–Trinajstić information content (AvgIpc) is 1.88. The second-order valence-electron chi connectivity index (χ2n) is 2.65. The van der Waals surface area contributed by atoms with Crippen LogP contribution in [0.4, 0.5) is 0 Å². The number of nitro groups is 1. The average molecular weight is 164 g/mol. The zero-order valence-electron chi connectivity index (χ0n) is 5.62. The van der Waals surface area contributed by atoms with Gasteiger partial charge in [-0.2, -0.15) is 0 Å². The highest BCUT2D eigenvalue weighted by Gasteiger charge is 2.31. The molecule has 0 N–H and O–H groups in total. The molecule has 0 spiro atoms. The van der Waals surface area contributed by atoms with Crippen molar-refractivity contribution >= 4 is 11.6 Å². The van der Waals surface area contributed by atoms with Gasteiger partial charge in [-0.1, -0.05) is 6.42 Å². The molecule has 2 unspecified atom stereocenters. The van der Waals surface area contributed by atoms with E-state index < -0.39 is 6.04 Å². The Morgan fingerprint density at radius 3 is 2.40 bits per heavy atom.